The van der Waals surface area contributed by atoms with Crippen molar-refractivity contribution in [3.8, 4) is 0 Å². The fourth-order valence-corrected chi connectivity index (χ4v) is 4.85. The summed E-state index contributed by atoms with van der Waals surface area (Å²) >= 11 is 0. The fraction of sp³-hybridized carbons (Fsp3) is 0.345. The van der Waals surface area contributed by atoms with Gasteiger partial charge in [-0.15, -0.1) is 0 Å². The molecule has 2 heterocycles. The Morgan fingerprint density at radius 1 is 0.765 bits per heavy atom. The molecule has 5 nitrogen and oxygen atoms in total. The van der Waals surface area contributed by atoms with Gasteiger partial charge in [-0.1, -0.05) is 60.7 Å². The van der Waals surface area contributed by atoms with Crippen LogP contribution in [-0.4, -0.2) is 48.6 Å². The summed E-state index contributed by atoms with van der Waals surface area (Å²) in [6.07, 6.45) is 1.11. The zero-order valence-electron chi connectivity index (χ0n) is 19.7. The van der Waals surface area contributed by atoms with E-state index in [1.807, 2.05) is 12.1 Å². The monoisotopic (exact) mass is 455 g/mol. The van der Waals surface area contributed by atoms with Crippen molar-refractivity contribution in [1.82, 2.24) is 15.1 Å². The van der Waals surface area contributed by atoms with Crippen LogP contribution in [0.15, 0.2) is 72.8 Å². The smallest absolute Gasteiger partial charge is 0.251 e. The van der Waals surface area contributed by atoms with Gasteiger partial charge in [-0.05, 0) is 46.4 Å². The minimum Gasteiger partial charge on any atom is -0.379 e. The van der Waals surface area contributed by atoms with Crippen molar-refractivity contribution in [2.45, 2.75) is 32.6 Å². The predicted molar refractivity (Wildman–Crippen MR) is 134 cm³/mol. The maximum atomic E-state index is 12.7. The number of carbonyl (C=O) groups is 1. The number of rotatable bonds is 7. The van der Waals surface area contributed by atoms with Crippen molar-refractivity contribution in [2.24, 2.45) is 0 Å². The second-order valence-corrected chi connectivity index (χ2v) is 9.32. The SMILES string of the molecule is O=C(NCc1cccc(CN2CCc3ccccc3C2)c1)c1ccc(CN2CCOCC2)cc1. The summed E-state index contributed by atoms with van der Waals surface area (Å²) < 4.78 is 5.41. The highest BCUT2D eigenvalue weighted by atomic mass is 16.5. The van der Waals surface area contributed by atoms with Crippen LogP contribution in [0.5, 0.6) is 0 Å². The molecule has 0 aromatic heterocycles. The van der Waals surface area contributed by atoms with Crippen molar-refractivity contribution >= 4 is 5.91 Å². The van der Waals surface area contributed by atoms with Crippen LogP contribution in [0, 0.1) is 0 Å². The molecule has 1 fully saturated rings. The number of hydrogen-bond acceptors (Lipinski definition) is 4. The van der Waals surface area contributed by atoms with E-state index >= 15 is 0 Å². The zero-order valence-corrected chi connectivity index (χ0v) is 19.7. The molecular weight excluding hydrogens is 422 g/mol. The second-order valence-electron chi connectivity index (χ2n) is 9.32. The van der Waals surface area contributed by atoms with Gasteiger partial charge in [0.05, 0.1) is 13.2 Å². The first kappa shape index (κ1) is 22.8. The maximum absolute atomic E-state index is 12.7. The molecule has 0 atom stereocenters. The van der Waals surface area contributed by atoms with Crippen LogP contribution in [0.3, 0.4) is 0 Å². The molecule has 2 aliphatic rings. The molecule has 0 saturated carbocycles. The minimum atomic E-state index is -0.0315. The lowest BCUT2D eigenvalue weighted by Gasteiger charge is -2.28. The van der Waals surface area contributed by atoms with E-state index in [-0.39, 0.29) is 5.91 Å². The van der Waals surface area contributed by atoms with Gasteiger partial charge in [-0.25, -0.2) is 0 Å². The van der Waals surface area contributed by atoms with Crippen LogP contribution in [-0.2, 0) is 37.3 Å². The van der Waals surface area contributed by atoms with Crippen molar-refractivity contribution in [2.75, 3.05) is 32.8 Å². The summed E-state index contributed by atoms with van der Waals surface area (Å²) in [5, 5.41) is 3.08. The highest BCUT2D eigenvalue weighted by molar-refractivity contribution is 5.94. The minimum absolute atomic E-state index is 0.0315. The van der Waals surface area contributed by atoms with Gasteiger partial charge >= 0.3 is 0 Å². The molecule has 0 radical (unpaired) electrons. The predicted octanol–water partition coefficient (Wildman–Crippen LogP) is 4.01. The highest BCUT2D eigenvalue weighted by Crippen LogP contribution is 2.20. The molecule has 3 aromatic rings. The molecule has 1 amide bonds. The summed E-state index contributed by atoms with van der Waals surface area (Å²) in [7, 11) is 0. The summed E-state index contributed by atoms with van der Waals surface area (Å²) in [5.74, 6) is -0.0315. The van der Waals surface area contributed by atoms with E-state index in [0.29, 0.717) is 12.1 Å². The largest absolute Gasteiger partial charge is 0.379 e. The standard InChI is InChI=1S/C29H33N3O2/c33-29(27-10-8-23(9-11-27)20-31-14-16-34-17-15-31)30-19-24-4-3-5-25(18-24)21-32-13-12-26-6-1-2-7-28(26)22-32/h1-11,18H,12-17,19-22H2,(H,30,33). The molecule has 5 heteroatoms. The average molecular weight is 456 g/mol. The number of nitrogens with one attached hydrogen (secondary N) is 1. The van der Waals surface area contributed by atoms with E-state index in [1.54, 1.807) is 0 Å². The molecule has 0 spiro atoms. The van der Waals surface area contributed by atoms with E-state index in [4.69, 9.17) is 4.74 Å². The Morgan fingerprint density at radius 2 is 1.50 bits per heavy atom. The van der Waals surface area contributed by atoms with Gasteiger partial charge in [0.1, 0.15) is 0 Å². The van der Waals surface area contributed by atoms with Crippen LogP contribution in [0.25, 0.3) is 0 Å². The first-order chi connectivity index (χ1) is 16.7. The Balaban J connectivity index is 1.13. The summed E-state index contributed by atoms with van der Waals surface area (Å²) in [5.41, 5.74) is 7.27. The number of hydrogen-bond donors (Lipinski definition) is 1. The van der Waals surface area contributed by atoms with Gasteiger partial charge in [0.15, 0.2) is 0 Å². The van der Waals surface area contributed by atoms with Crippen molar-refractivity contribution in [3.05, 3.63) is 106 Å². The second kappa shape index (κ2) is 11.0. The first-order valence-corrected chi connectivity index (χ1v) is 12.3. The Bertz CT molecular complexity index is 1110. The number of carbonyl (C=O) groups excluding carboxylic acids is 1. The van der Waals surface area contributed by atoms with Crippen molar-refractivity contribution < 1.29 is 9.53 Å². The molecule has 176 valence electrons. The molecule has 1 N–H and O–H groups in total. The Morgan fingerprint density at radius 3 is 2.32 bits per heavy atom. The third kappa shape index (κ3) is 5.92. The lowest BCUT2D eigenvalue weighted by molar-refractivity contribution is 0.0342. The third-order valence-corrected chi connectivity index (χ3v) is 6.79. The van der Waals surface area contributed by atoms with Crippen LogP contribution in [0.4, 0.5) is 0 Å². The highest BCUT2D eigenvalue weighted by Gasteiger charge is 2.16. The van der Waals surface area contributed by atoms with Crippen LogP contribution in [0.1, 0.15) is 38.2 Å². The molecule has 5 rings (SSSR count). The van der Waals surface area contributed by atoms with Gasteiger partial charge in [-0.2, -0.15) is 0 Å². The third-order valence-electron chi connectivity index (χ3n) is 6.79. The van der Waals surface area contributed by atoms with Crippen LogP contribution < -0.4 is 5.32 Å². The van der Waals surface area contributed by atoms with Gasteiger partial charge in [0.2, 0.25) is 0 Å². The van der Waals surface area contributed by atoms with E-state index in [9.17, 15) is 4.79 Å². The molecule has 2 aliphatic heterocycles. The van der Waals surface area contributed by atoms with Gasteiger partial charge in [-0.3, -0.25) is 14.6 Å². The first-order valence-electron chi connectivity index (χ1n) is 12.3. The Kier molecular flexibility index (Phi) is 7.34. The Labute approximate surface area is 202 Å². The van der Waals surface area contributed by atoms with E-state index in [1.165, 1.54) is 22.3 Å². The molecule has 0 unspecified atom stereocenters. The van der Waals surface area contributed by atoms with Crippen molar-refractivity contribution in [3.63, 3.8) is 0 Å². The van der Waals surface area contributed by atoms with Gasteiger partial charge in [0, 0.05) is 51.4 Å². The lowest BCUT2D eigenvalue weighted by Crippen LogP contribution is -2.35. The summed E-state index contributed by atoms with van der Waals surface area (Å²) in [4.78, 5) is 17.6. The molecule has 1 saturated heterocycles. The summed E-state index contributed by atoms with van der Waals surface area (Å²) in [6, 6.07) is 25.3. The number of ether oxygens (including phenoxy) is 1. The Hall–Kier alpha value is -2.99. The van der Waals surface area contributed by atoms with Gasteiger partial charge < -0.3 is 10.1 Å². The number of amides is 1. The number of benzene rings is 3. The average Bonchev–Trinajstić information content (AvgIpc) is 2.88. The topological polar surface area (TPSA) is 44.8 Å². The number of nitrogens with zero attached hydrogens (tertiary/aromatic N) is 2. The summed E-state index contributed by atoms with van der Waals surface area (Å²) in [6.45, 7) is 7.98. The van der Waals surface area contributed by atoms with E-state index < -0.39 is 0 Å². The normalized spacial score (nSPS) is 16.7. The maximum Gasteiger partial charge on any atom is 0.251 e. The molecule has 3 aromatic carbocycles. The van der Waals surface area contributed by atoms with Crippen LogP contribution in [0.2, 0.25) is 0 Å². The van der Waals surface area contributed by atoms with E-state index in [2.05, 4.69) is 75.8 Å². The van der Waals surface area contributed by atoms with E-state index in [0.717, 1.165) is 64.5 Å². The molecule has 34 heavy (non-hydrogen) atoms. The molecule has 0 bridgehead atoms. The van der Waals surface area contributed by atoms with Gasteiger partial charge in [0.25, 0.3) is 5.91 Å². The van der Waals surface area contributed by atoms with Crippen molar-refractivity contribution in [1.29, 1.82) is 0 Å². The fourth-order valence-electron chi connectivity index (χ4n) is 4.85. The van der Waals surface area contributed by atoms with Crippen LogP contribution >= 0.6 is 0 Å². The number of morpholine rings is 1. The lowest BCUT2D eigenvalue weighted by atomic mass is 9.99. The zero-order chi connectivity index (χ0) is 23.2. The molecular formula is C29H33N3O2. The molecule has 0 aliphatic carbocycles. The quantitative estimate of drug-likeness (QED) is 0.585. The number of fused-ring (bicyclic) bond motifs is 1.